The highest BCUT2D eigenvalue weighted by molar-refractivity contribution is 5.24. The molecule has 144 valence electrons. The Kier molecular flexibility index (Phi) is 8.66. The minimum atomic E-state index is -0.475. The van der Waals surface area contributed by atoms with E-state index in [1.54, 1.807) is 19.9 Å². The van der Waals surface area contributed by atoms with Gasteiger partial charge in [-0.05, 0) is 82.0 Å². The average Bonchev–Trinajstić information content (AvgIpc) is 2.60. The fourth-order valence-corrected chi connectivity index (χ4v) is 1.93. The van der Waals surface area contributed by atoms with Crippen molar-refractivity contribution < 1.29 is 13.2 Å². The van der Waals surface area contributed by atoms with Crippen molar-refractivity contribution in [2.75, 3.05) is 0 Å². The summed E-state index contributed by atoms with van der Waals surface area (Å²) in [5.74, 6) is -0.236. The van der Waals surface area contributed by atoms with E-state index < -0.39 is 11.6 Å². The molecule has 0 saturated heterocycles. The Hall–Kier alpha value is -2.69. The van der Waals surface area contributed by atoms with Crippen LogP contribution in [0.2, 0.25) is 0 Å². The van der Waals surface area contributed by atoms with Gasteiger partial charge in [-0.2, -0.15) is 0 Å². The molecule has 5 heteroatoms. The second-order valence-corrected chi connectivity index (χ2v) is 6.41. The Bertz CT molecular complexity index is 831. The highest BCUT2D eigenvalue weighted by atomic mass is 19.1. The van der Waals surface area contributed by atoms with Crippen molar-refractivity contribution in [3.8, 4) is 0 Å². The van der Waals surface area contributed by atoms with Gasteiger partial charge in [0.2, 0.25) is 0 Å². The normalized spacial score (nSPS) is 9.67. The average molecular weight is 374 g/mol. The largest absolute Gasteiger partial charge is 0.241 e. The van der Waals surface area contributed by atoms with Crippen molar-refractivity contribution in [2.45, 2.75) is 41.5 Å². The zero-order valence-corrected chi connectivity index (χ0v) is 16.6. The molecule has 3 rings (SSSR count). The molecule has 0 N–H and O–H groups in total. The minimum absolute atomic E-state index is 0.0885. The molecule has 0 fully saturated rings. The fraction of sp³-hybridized carbons (Fsp3) is 0.273. The molecule has 0 aliphatic rings. The number of rotatable bonds is 0. The molecule has 0 unspecified atom stereocenters. The lowest BCUT2D eigenvalue weighted by Crippen LogP contribution is -1.88. The summed E-state index contributed by atoms with van der Waals surface area (Å²) in [6.07, 6.45) is 3.62. The Labute approximate surface area is 159 Å². The molecule has 2 aromatic carbocycles. The molecular weight excluding hydrogens is 349 g/mol. The highest BCUT2D eigenvalue weighted by Gasteiger charge is 2.03. The van der Waals surface area contributed by atoms with Crippen molar-refractivity contribution >= 4 is 0 Å². The molecule has 3 aromatic rings. The maximum atomic E-state index is 12.6. The van der Waals surface area contributed by atoms with Crippen LogP contribution in [0.15, 0.2) is 42.7 Å². The minimum Gasteiger partial charge on any atom is -0.241 e. The van der Waals surface area contributed by atoms with E-state index in [0.717, 1.165) is 17.0 Å². The van der Waals surface area contributed by atoms with Crippen molar-refractivity contribution in [2.24, 2.45) is 0 Å². The molecule has 27 heavy (non-hydrogen) atoms. The molecule has 0 amide bonds. The van der Waals surface area contributed by atoms with Gasteiger partial charge < -0.3 is 0 Å². The molecule has 0 bridgehead atoms. The summed E-state index contributed by atoms with van der Waals surface area (Å²) in [7, 11) is 0. The number of nitrogens with zero attached hydrogens (tertiary/aromatic N) is 2. The van der Waals surface area contributed by atoms with Crippen molar-refractivity contribution in [1.82, 2.24) is 9.97 Å². The van der Waals surface area contributed by atoms with E-state index in [0.29, 0.717) is 11.1 Å². The second-order valence-electron chi connectivity index (χ2n) is 6.41. The van der Waals surface area contributed by atoms with Crippen molar-refractivity contribution in [3.63, 3.8) is 0 Å². The number of benzene rings is 2. The molecule has 0 atom stereocenters. The lowest BCUT2D eigenvalue weighted by molar-refractivity contribution is 0.566. The number of aryl methyl sites for hydroxylation is 5. The lowest BCUT2D eigenvalue weighted by atomic mass is 10.1. The summed E-state index contributed by atoms with van der Waals surface area (Å²) in [6, 6.07) is 7.86. The van der Waals surface area contributed by atoms with E-state index in [2.05, 4.69) is 9.97 Å². The third-order valence-corrected chi connectivity index (χ3v) is 3.66. The first-order chi connectivity index (χ1) is 12.6. The van der Waals surface area contributed by atoms with Gasteiger partial charge in [0.15, 0.2) is 0 Å². The molecule has 0 radical (unpaired) electrons. The quantitative estimate of drug-likeness (QED) is 0.474. The molecule has 1 heterocycles. The molecule has 0 spiro atoms. The van der Waals surface area contributed by atoms with Gasteiger partial charge in [-0.15, -0.1) is 0 Å². The third-order valence-electron chi connectivity index (χ3n) is 3.66. The maximum absolute atomic E-state index is 12.6. The zero-order chi connectivity index (χ0) is 20.6. The molecule has 0 aliphatic carbocycles. The van der Waals surface area contributed by atoms with Gasteiger partial charge >= 0.3 is 0 Å². The second kappa shape index (κ2) is 10.5. The van der Waals surface area contributed by atoms with Gasteiger partial charge in [0, 0.05) is 18.0 Å². The molecule has 0 aliphatic heterocycles. The Morgan fingerprint density at radius 1 is 0.593 bits per heavy atom. The molecule has 1 aromatic heterocycles. The van der Waals surface area contributed by atoms with Gasteiger partial charge in [0.1, 0.15) is 23.3 Å². The number of hydrogen-bond donors (Lipinski definition) is 0. The predicted octanol–water partition coefficient (Wildman–Crippen LogP) is 6.12. The van der Waals surface area contributed by atoms with Crippen LogP contribution in [0.5, 0.6) is 0 Å². The van der Waals surface area contributed by atoms with Crippen LogP contribution < -0.4 is 0 Å². The first kappa shape index (κ1) is 22.4. The van der Waals surface area contributed by atoms with Crippen molar-refractivity contribution in [1.29, 1.82) is 0 Å². The van der Waals surface area contributed by atoms with Crippen LogP contribution in [0.1, 0.15) is 33.6 Å². The number of aromatic nitrogens is 2. The maximum Gasteiger partial charge on any atom is 0.129 e. The van der Waals surface area contributed by atoms with E-state index in [1.165, 1.54) is 25.1 Å². The van der Waals surface area contributed by atoms with Gasteiger partial charge in [0.05, 0.1) is 0 Å². The number of hydrogen-bond acceptors (Lipinski definition) is 2. The molecular formula is C22H25F3N2. The van der Waals surface area contributed by atoms with Crippen LogP contribution in [0.4, 0.5) is 13.2 Å². The van der Waals surface area contributed by atoms with Crippen LogP contribution >= 0.6 is 0 Å². The summed E-state index contributed by atoms with van der Waals surface area (Å²) >= 11 is 0. The van der Waals surface area contributed by atoms with E-state index >= 15 is 0 Å². The third kappa shape index (κ3) is 8.03. The topological polar surface area (TPSA) is 25.8 Å². The van der Waals surface area contributed by atoms with Gasteiger partial charge in [-0.25, -0.2) is 23.1 Å². The summed E-state index contributed by atoms with van der Waals surface area (Å²) in [5, 5.41) is 0. The van der Waals surface area contributed by atoms with E-state index in [9.17, 15) is 13.2 Å². The fourth-order valence-electron chi connectivity index (χ4n) is 1.93. The van der Waals surface area contributed by atoms with Gasteiger partial charge in [0.25, 0.3) is 0 Å². The summed E-state index contributed by atoms with van der Waals surface area (Å²) < 4.78 is 37.8. The van der Waals surface area contributed by atoms with Gasteiger partial charge in [-0.1, -0.05) is 12.1 Å². The van der Waals surface area contributed by atoms with E-state index in [-0.39, 0.29) is 11.4 Å². The Morgan fingerprint density at radius 3 is 1.48 bits per heavy atom. The standard InChI is InChI=1S/C8H8F2.C8H9F.C6H8N2/c1-5-3-7(9)6(2)8(10)4-5;1-6-3-4-7(2)8(9)5-6;1-5-3-7-6(2)8-4-5/h3-4H,1-2H3;3-5H,1-2H3;3-4H,1-2H3. The lowest BCUT2D eigenvalue weighted by Gasteiger charge is -1.98. The monoisotopic (exact) mass is 374 g/mol. The molecule has 2 nitrogen and oxygen atoms in total. The van der Waals surface area contributed by atoms with Crippen molar-refractivity contribution in [3.05, 3.63) is 93.8 Å². The first-order valence-electron chi connectivity index (χ1n) is 8.50. The van der Waals surface area contributed by atoms with E-state index in [4.69, 9.17) is 0 Å². The number of halogens is 3. The van der Waals surface area contributed by atoms with Gasteiger partial charge in [-0.3, -0.25) is 0 Å². The van der Waals surface area contributed by atoms with Crippen LogP contribution in [-0.2, 0) is 0 Å². The summed E-state index contributed by atoms with van der Waals surface area (Å²) in [5.41, 5.74) is 3.49. The highest BCUT2D eigenvalue weighted by Crippen LogP contribution is 2.12. The first-order valence-corrected chi connectivity index (χ1v) is 8.50. The van der Waals surface area contributed by atoms with E-state index in [1.807, 2.05) is 39.2 Å². The SMILES string of the molecule is Cc1cc(F)c(C)c(F)c1.Cc1ccc(C)c(F)c1.Cc1cnc(C)nc1. The van der Waals surface area contributed by atoms with Crippen LogP contribution in [0, 0.1) is 59.0 Å². The zero-order valence-electron chi connectivity index (χ0n) is 16.6. The van der Waals surface area contributed by atoms with Crippen LogP contribution in [0.25, 0.3) is 0 Å². The Balaban J connectivity index is 0.000000204. The molecule has 0 saturated carbocycles. The predicted molar refractivity (Wildman–Crippen MR) is 103 cm³/mol. The Morgan fingerprint density at radius 2 is 1.07 bits per heavy atom. The van der Waals surface area contributed by atoms with Crippen LogP contribution in [-0.4, -0.2) is 9.97 Å². The summed E-state index contributed by atoms with van der Waals surface area (Å²) in [6.45, 7) is 10.6. The summed E-state index contributed by atoms with van der Waals surface area (Å²) in [4.78, 5) is 7.94. The van der Waals surface area contributed by atoms with Crippen LogP contribution in [0.3, 0.4) is 0 Å². The smallest absolute Gasteiger partial charge is 0.129 e.